The molecular weight excluding hydrogens is 362 g/mol. The second-order valence-electron chi connectivity index (χ2n) is 3.38. The second kappa shape index (κ2) is 9.87. The fraction of sp³-hybridized carbons (Fsp3) is 0.600. The third-order valence-corrected chi connectivity index (χ3v) is 2.22. The smallest absolute Gasteiger partial charge is 0.164 e. The maximum Gasteiger partial charge on any atom is 0.164 e. The molecule has 0 saturated heterocycles. The zero-order valence-corrected chi connectivity index (χ0v) is 14.9. The fourth-order valence-electron chi connectivity index (χ4n) is 1.64. The number of hydrogen-bond donors (Lipinski definition) is 0. The summed E-state index contributed by atoms with van der Waals surface area (Å²) in [6.07, 6.45) is 2.75. The van der Waals surface area contributed by atoms with Crippen molar-refractivity contribution in [3.05, 3.63) is 13.8 Å². The van der Waals surface area contributed by atoms with E-state index in [2.05, 4.69) is 13.8 Å². The van der Waals surface area contributed by atoms with Gasteiger partial charge in [-0.1, -0.05) is 0 Å². The molecule has 1 rings (SSSR count). The Morgan fingerprint density at radius 3 is 1.25 bits per heavy atom. The Hall–Kier alpha value is 0.888. The summed E-state index contributed by atoms with van der Waals surface area (Å²) in [5.41, 5.74) is 0. The normalized spacial score (nSPS) is 23.2. The molecule has 1 saturated carbocycles. The molecule has 0 aromatic heterocycles. The first-order valence-corrected chi connectivity index (χ1v) is 4.63. The molecule has 86 valence electrons. The van der Waals surface area contributed by atoms with Crippen molar-refractivity contribution in [3.8, 4) is 0 Å². The van der Waals surface area contributed by atoms with Crippen LogP contribution < -0.4 is 0 Å². The van der Waals surface area contributed by atoms with Gasteiger partial charge in [-0.05, 0) is 25.7 Å². The minimum Gasteiger partial charge on any atom is -0.485 e. The van der Waals surface area contributed by atoms with Crippen LogP contribution >= 0.6 is 0 Å². The van der Waals surface area contributed by atoms with Gasteiger partial charge in [0.25, 0.3) is 0 Å². The van der Waals surface area contributed by atoms with Gasteiger partial charge in [0.2, 0.25) is 0 Å². The van der Waals surface area contributed by atoms with Crippen LogP contribution in [0.25, 0.3) is 0 Å². The van der Waals surface area contributed by atoms with Crippen molar-refractivity contribution in [1.82, 2.24) is 0 Å². The maximum absolute atomic E-state index is 10.5. The van der Waals surface area contributed by atoms with Crippen LogP contribution in [0.2, 0.25) is 0 Å². The zero-order valence-electron chi connectivity index (χ0n) is 9.19. The first kappa shape index (κ1) is 19.2. The Morgan fingerprint density at radius 2 is 1.06 bits per heavy atom. The molecule has 2 radical (unpaired) electrons. The number of ether oxygens (including phenoxy) is 2. The van der Waals surface area contributed by atoms with Crippen LogP contribution in [0, 0.1) is 13.8 Å². The van der Waals surface area contributed by atoms with Gasteiger partial charge in [-0.15, -0.1) is 0 Å². The number of rotatable bonds is 2. The van der Waals surface area contributed by atoms with Gasteiger partial charge >= 0.3 is 0 Å². The van der Waals surface area contributed by atoms with Gasteiger partial charge in [0.1, 0.15) is 0 Å². The molecule has 0 N–H and O–H groups in total. The molecule has 0 unspecified atom stereocenters. The molecule has 0 amide bonds. The van der Waals surface area contributed by atoms with Gasteiger partial charge in [-0.3, -0.25) is 23.4 Å². The minimum atomic E-state index is -0.498. The Bertz CT molecular complexity index is 201. The summed E-state index contributed by atoms with van der Waals surface area (Å²) in [4.78, 5) is 21.1. The topological polar surface area (TPSA) is 52.6 Å². The van der Waals surface area contributed by atoms with Crippen molar-refractivity contribution in [2.75, 3.05) is 0 Å². The molecule has 4 nitrogen and oxygen atoms in total. The van der Waals surface area contributed by atoms with Gasteiger partial charge < -0.3 is 9.47 Å². The van der Waals surface area contributed by atoms with E-state index in [4.69, 9.17) is 9.47 Å². The van der Waals surface area contributed by atoms with E-state index in [1.165, 1.54) is 0 Å². The summed E-state index contributed by atoms with van der Waals surface area (Å²) < 4.78 is 9.88. The van der Waals surface area contributed by atoms with Gasteiger partial charge in [-0.2, -0.15) is 0 Å². The molecule has 0 atom stereocenters. The minimum absolute atomic E-state index is 0. The van der Waals surface area contributed by atoms with Crippen LogP contribution in [0.5, 0.6) is 0 Å². The fourth-order valence-corrected chi connectivity index (χ4v) is 1.64. The Morgan fingerprint density at radius 1 is 0.812 bits per heavy atom. The second-order valence-corrected chi connectivity index (χ2v) is 3.38. The van der Waals surface area contributed by atoms with Crippen LogP contribution in [-0.4, -0.2) is 24.1 Å². The summed E-state index contributed by atoms with van der Waals surface area (Å²) in [6, 6.07) is 0. The molecule has 0 aromatic carbocycles. The van der Waals surface area contributed by atoms with Crippen molar-refractivity contribution >= 4 is 11.9 Å². The van der Waals surface area contributed by atoms with E-state index in [1.807, 2.05) is 0 Å². The summed E-state index contributed by atoms with van der Waals surface area (Å²) in [5.74, 6) is -0.995. The number of carbonyl (C=O) groups excluding carboxylic acids is 2. The molecule has 16 heavy (non-hydrogen) atoms. The van der Waals surface area contributed by atoms with Crippen molar-refractivity contribution in [3.63, 3.8) is 0 Å². The molecular formula is C10H14O4Y2-2. The van der Waals surface area contributed by atoms with E-state index in [0.717, 1.165) is 25.7 Å². The molecule has 0 bridgehead atoms. The predicted octanol–water partition coefficient (Wildman–Crippen LogP) is 1.05. The third kappa shape index (κ3) is 8.05. The van der Waals surface area contributed by atoms with E-state index in [9.17, 15) is 9.59 Å². The van der Waals surface area contributed by atoms with E-state index in [1.54, 1.807) is 0 Å². The van der Waals surface area contributed by atoms with Gasteiger partial charge in [0.05, 0.1) is 12.2 Å². The molecule has 0 aromatic rings. The van der Waals surface area contributed by atoms with Gasteiger partial charge in [0.15, 0.2) is 11.9 Å². The number of hydrogen-bond acceptors (Lipinski definition) is 4. The van der Waals surface area contributed by atoms with E-state index >= 15 is 0 Å². The summed E-state index contributed by atoms with van der Waals surface area (Å²) in [5, 5.41) is 0. The summed E-state index contributed by atoms with van der Waals surface area (Å²) in [7, 11) is 0. The van der Waals surface area contributed by atoms with Crippen LogP contribution in [0.3, 0.4) is 0 Å². The molecule has 1 fully saturated rings. The Kier molecular flexibility index (Phi) is 11.9. The Labute approximate surface area is 146 Å². The molecule has 1 aliphatic rings. The van der Waals surface area contributed by atoms with E-state index in [-0.39, 0.29) is 77.6 Å². The largest absolute Gasteiger partial charge is 0.485 e. The van der Waals surface area contributed by atoms with Crippen LogP contribution in [-0.2, 0) is 84.5 Å². The van der Waals surface area contributed by atoms with Crippen LogP contribution in [0.1, 0.15) is 25.7 Å². The van der Waals surface area contributed by atoms with Crippen molar-refractivity contribution in [2.24, 2.45) is 0 Å². The predicted molar refractivity (Wildman–Crippen MR) is 48.9 cm³/mol. The summed E-state index contributed by atoms with van der Waals surface area (Å²) >= 11 is 0. The average molecular weight is 376 g/mol. The SMILES string of the molecule is [CH2-]C(=O)OC1CCC(OC([CH2-])=O)CC1.[Y].[Y]. The molecule has 0 heterocycles. The number of carbonyl (C=O) groups is 2. The zero-order chi connectivity index (χ0) is 10.6. The summed E-state index contributed by atoms with van der Waals surface area (Å²) in [6.45, 7) is 6.29. The third-order valence-electron chi connectivity index (χ3n) is 2.22. The van der Waals surface area contributed by atoms with Gasteiger partial charge in [0, 0.05) is 65.4 Å². The molecule has 6 heteroatoms. The molecule has 0 spiro atoms. The first-order chi connectivity index (χ1) is 6.58. The quantitative estimate of drug-likeness (QED) is 0.534. The first-order valence-electron chi connectivity index (χ1n) is 4.63. The Balaban J connectivity index is 0. The van der Waals surface area contributed by atoms with E-state index < -0.39 is 11.9 Å². The van der Waals surface area contributed by atoms with Crippen LogP contribution in [0.4, 0.5) is 0 Å². The van der Waals surface area contributed by atoms with Crippen molar-refractivity contribution < 1.29 is 84.5 Å². The average Bonchev–Trinajstić information content (AvgIpc) is 2.06. The van der Waals surface area contributed by atoms with Gasteiger partial charge in [-0.25, -0.2) is 0 Å². The standard InChI is InChI=1S/C10H14O4.2Y/c1-7(11)13-9-3-5-10(6-4-9)14-8(2)12;;/h9-10H,1-6H2;;/q-2;;. The van der Waals surface area contributed by atoms with Crippen molar-refractivity contribution in [2.45, 2.75) is 37.9 Å². The van der Waals surface area contributed by atoms with Crippen LogP contribution in [0.15, 0.2) is 0 Å². The van der Waals surface area contributed by atoms with E-state index in [0.29, 0.717) is 0 Å². The number of esters is 2. The molecule has 0 aliphatic heterocycles. The van der Waals surface area contributed by atoms with Crippen molar-refractivity contribution in [1.29, 1.82) is 0 Å². The maximum atomic E-state index is 10.5. The molecule has 1 aliphatic carbocycles. The monoisotopic (exact) mass is 376 g/mol.